The smallest absolute Gasteiger partial charge is 0.407 e. The molecule has 0 aromatic heterocycles. The first-order valence-corrected chi connectivity index (χ1v) is 10.5. The van der Waals surface area contributed by atoms with Gasteiger partial charge in [-0.05, 0) is 12.5 Å². The second kappa shape index (κ2) is 7.98. The van der Waals surface area contributed by atoms with Gasteiger partial charge in [0.15, 0.2) is 0 Å². The van der Waals surface area contributed by atoms with Crippen LogP contribution in [0.15, 0.2) is 30.3 Å². The topological polar surface area (TPSA) is 64.6 Å². The molecule has 0 spiro atoms. The van der Waals surface area contributed by atoms with E-state index in [2.05, 4.69) is 30.5 Å². The van der Waals surface area contributed by atoms with Crippen LogP contribution in [-0.4, -0.2) is 39.9 Å². The fourth-order valence-corrected chi connectivity index (χ4v) is 4.99. The molecule has 2 atom stereocenters. The molecule has 0 aliphatic rings. The van der Waals surface area contributed by atoms with Gasteiger partial charge in [0.1, 0.15) is 6.04 Å². The average Bonchev–Trinajstić information content (AvgIpc) is 2.52. The van der Waals surface area contributed by atoms with E-state index in [0.29, 0.717) is 0 Å². The Bertz CT molecular complexity index is 504. The minimum atomic E-state index is -1.99. The molecule has 122 valence electrons. The van der Waals surface area contributed by atoms with E-state index in [4.69, 9.17) is 9.47 Å². The number of hydrogen-bond acceptors (Lipinski definition) is 4. The molecule has 0 aliphatic carbocycles. The average molecular weight is 323 g/mol. The molecule has 1 aromatic rings. The van der Waals surface area contributed by atoms with Gasteiger partial charge in [0, 0.05) is 0 Å². The maximum Gasteiger partial charge on any atom is 0.407 e. The molecule has 5 nitrogen and oxygen atoms in total. The second-order valence-electron chi connectivity index (χ2n) is 5.74. The van der Waals surface area contributed by atoms with Crippen molar-refractivity contribution in [2.24, 2.45) is 0 Å². The van der Waals surface area contributed by atoms with E-state index in [1.165, 1.54) is 12.3 Å². The first kappa shape index (κ1) is 18.2. The van der Waals surface area contributed by atoms with Gasteiger partial charge in [0.25, 0.3) is 0 Å². The summed E-state index contributed by atoms with van der Waals surface area (Å²) >= 11 is 0. The van der Waals surface area contributed by atoms with E-state index in [-0.39, 0.29) is 12.1 Å². The van der Waals surface area contributed by atoms with Crippen molar-refractivity contribution in [1.82, 2.24) is 5.32 Å². The van der Waals surface area contributed by atoms with Crippen LogP contribution in [0.2, 0.25) is 18.6 Å². The Morgan fingerprint density at radius 2 is 1.82 bits per heavy atom. The molecule has 1 amide bonds. The van der Waals surface area contributed by atoms with Gasteiger partial charge in [0.2, 0.25) is 0 Å². The highest BCUT2D eigenvalue weighted by Gasteiger charge is 2.40. The fourth-order valence-electron chi connectivity index (χ4n) is 2.36. The molecular weight excluding hydrogens is 298 g/mol. The van der Waals surface area contributed by atoms with Crippen LogP contribution in [0, 0.1) is 0 Å². The Hall–Kier alpha value is -1.82. The predicted molar refractivity (Wildman–Crippen MR) is 88.9 cm³/mol. The Kier molecular flexibility index (Phi) is 6.61. The molecule has 1 rings (SSSR count). The third-order valence-electron chi connectivity index (χ3n) is 4.16. The van der Waals surface area contributed by atoms with Crippen LogP contribution in [0.4, 0.5) is 4.79 Å². The lowest BCUT2D eigenvalue weighted by molar-refractivity contribution is -0.143. The molecule has 0 saturated carbocycles. The fraction of sp³-hybridized carbons (Fsp3) is 0.500. The molecule has 1 N–H and O–H groups in total. The summed E-state index contributed by atoms with van der Waals surface area (Å²) in [5.41, 5.74) is -0.0493. The normalized spacial score (nSPS) is 13.9. The van der Waals surface area contributed by atoms with Gasteiger partial charge < -0.3 is 14.8 Å². The zero-order valence-electron chi connectivity index (χ0n) is 13.9. The highest BCUT2D eigenvalue weighted by Crippen LogP contribution is 2.26. The number of benzene rings is 1. The Morgan fingerprint density at radius 3 is 2.32 bits per heavy atom. The predicted octanol–water partition coefficient (Wildman–Crippen LogP) is 2.28. The molecule has 0 aliphatic heterocycles. The van der Waals surface area contributed by atoms with Crippen LogP contribution < -0.4 is 10.5 Å². The standard InChI is InChI=1S/C16H25NO4Si/c1-6-21-16(19)17-14(15(18)20-3)12(2)22(4,5)13-10-8-7-9-11-13/h7-12,14H,6H2,1-5H3,(H,17,19)/t12-,14-/m1/s1. The van der Waals surface area contributed by atoms with Gasteiger partial charge in [-0.1, -0.05) is 55.5 Å². The molecule has 0 fully saturated rings. The SMILES string of the molecule is CCOC(=O)N[C@@H](C(=O)OC)[C@@H](C)[Si](C)(C)c1ccccc1. The summed E-state index contributed by atoms with van der Waals surface area (Å²) in [6.45, 7) is 8.31. The summed E-state index contributed by atoms with van der Waals surface area (Å²) in [5, 5.41) is 3.87. The van der Waals surface area contributed by atoms with E-state index in [0.717, 1.165) is 0 Å². The van der Waals surface area contributed by atoms with Gasteiger partial charge >= 0.3 is 12.1 Å². The number of alkyl carbamates (subject to hydrolysis) is 1. The minimum absolute atomic E-state index is 0.0493. The third kappa shape index (κ3) is 4.33. The van der Waals surface area contributed by atoms with Crippen LogP contribution in [0.5, 0.6) is 0 Å². The maximum atomic E-state index is 12.1. The van der Waals surface area contributed by atoms with E-state index < -0.39 is 26.2 Å². The number of hydrogen-bond donors (Lipinski definition) is 1. The van der Waals surface area contributed by atoms with Gasteiger partial charge in [-0.2, -0.15) is 0 Å². The molecule has 0 bridgehead atoms. The second-order valence-corrected chi connectivity index (χ2v) is 10.7. The number of nitrogens with one attached hydrogen (secondary N) is 1. The number of ether oxygens (including phenoxy) is 2. The zero-order chi connectivity index (χ0) is 16.8. The number of esters is 1. The van der Waals surface area contributed by atoms with E-state index >= 15 is 0 Å². The summed E-state index contributed by atoms with van der Waals surface area (Å²) in [6.07, 6.45) is -0.595. The Balaban J connectivity index is 3.02. The van der Waals surface area contributed by atoms with Crippen LogP contribution in [0.1, 0.15) is 13.8 Å². The van der Waals surface area contributed by atoms with Crippen LogP contribution >= 0.6 is 0 Å². The van der Waals surface area contributed by atoms with Crippen molar-refractivity contribution in [3.63, 3.8) is 0 Å². The summed E-state index contributed by atoms with van der Waals surface area (Å²) in [4.78, 5) is 23.8. The molecule has 6 heteroatoms. The molecule has 0 radical (unpaired) electrons. The van der Waals surface area contributed by atoms with Gasteiger partial charge in [0.05, 0.1) is 21.8 Å². The number of rotatable bonds is 6. The third-order valence-corrected chi connectivity index (χ3v) is 8.59. The lowest BCUT2D eigenvalue weighted by Crippen LogP contribution is -2.56. The zero-order valence-corrected chi connectivity index (χ0v) is 14.9. The summed E-state index contributed by atoms with van der Waals surface area (Å²) in [6, 6.07) is 9.37. The van der Waals surface area contributed by atoms with Crippen LogP contribution in [0.3, 0.4) is 0 Å². The lowest BCUT2D eigenvalue weighted by atomic mass is 10.2. The molecule has 0 saturated heterocycles. The number of amides is 1. The molecule has 0 unspecified atom stereocenters. The molecular formula is C16H25NO4Si. The van der Waals surface area contributed by atoms with Crippen molar-refractivity contribution in [3.05, 3.63) is 30.3 Å². The van der Waals surface area contributed by atoms with Crippen molar-refractivity contribution in [3.8, 4) is 0 Å². The van der Waals surface area contributed by atoms with Crippen molar-refractivity contribution in [2.75, 3.05) is 13.7 Å². The number of carbonyl (C=O) groups is 2. The first-order chi connectivity index (χ1) is 10.3. The van der Waals surface area contributed by atoms with Crippen molar-refractivity contribution in [1.29, 1.82) is 0 Å². The summed E-state index contributed by atoms with van der Waals surface area (Å²) in [7, 11) is -0.660. The largest absolute Gasteiger partial charge is 0.467 e. The lowest BCUT2D eigenvalue weighted by Gasteiger charge is -2.34. The van der Waals surface area contributed by atoms with E-state index in [9.17, 15) is 9.59 Å². The van der Waals surface area contributed by atoms with Crippen molar-refractivity contribution in [2.45, 2.75) is 38.5 Å². The molecule has 0 heterocycles. The summed E-state index contributed by atoms with van der Waals surface area (Å²) in [5.74, 6) is -0.447. The minimum Gasteiger partial charge on any atom is -0.467 e. The van der Waals surface area contributed by atoms with Gasteiger partial charge in [-0.3, -0.25) is 0 Å². The van der Waals surface area contributed by atoms with Crippen LogP contribution in [-0.2, 0) is 14.3 Å². The van der Waals surface area contributed by atoms with E-state index in [1.54, 1.807) is 6.92 Å². The highest BCUT2D eigenvalue weighted by molar-refractivity contribution is 6.91. The number of methoxy groups -OCH3 is 1. The van der Waals surface area contributed by atoms with Crippen LogP contribution in [0.25, 0.3) is 0 Å². The first-order valence-electron chi connectivity index (χ1n) is 7.41. The van der Waals surface area contributed by atoms with Gasteiger partial charge in [-0.15, -0.1) is 0 Å². The summed E-state index contributed by atoms with van der Waals surface area (Å²) < 4.78 is 9.75. The molecule has 1 aromatic carbocycles. The Labute approximate surface area is 133 Å². The molecule has 22 heavy (non-hydrogen) atoms. The highest BCUT2D eigenvalue weighted by atomic mass is 28.3. The maximum absolute atomic E-state index is 12.1. The Morgan fingerprint density at radius 1 is 1.23 bits per heavy atom. The van der Waals surface area contributed by atoms with Crippen molar-refractivity contribution < 1.29 is 19.1 Å². The number of carbonyl (C=O) groups excluding carboxylic acids is 2. The van der Waals surface area contributed by atoms with Crippen molar-refractivity contribution >= 4 is 25.3 Å². The van der Waals surface area contributed by atoms with E-state index in [1.807, 2.05) is 25.1 Å². The quantitative estimate of drug-likeness (QED) is 0.644. The van der Waals surface area contributed by atoms with Gasteiger partial charge in [-0.25, -0.2) is 9.59 Å². The monoisotopic (exact) mass is 323 g/mol.